The number of amides is 3. The lowest BCUT2D eigenvalue weighted by atomic mass is 10.1. The molecule has 0 saturated carbocycles. The monoisotopic (exact) mass is 385 g/mol. The first-order valence-electron chi connectivity index (χ1n) is 8.59. The number of carbonyl (C=O) groups is 3. The van der Waals surface area contributed by atoms with Gasteiger partial charge in [-0.05, 0) is 43.2 Å². The second-order valence-corrected chi connectivity index (χ2v) is 6.95. The molecule has 0 radical (unpaired) electrons. The summed E-state index contributed by atoms with van der Waals surface area (Å²) in [5, 5.41) is 0.293. The van der Waals surface area contributed by atoms with Crippen molar-refractivity contribution in [1.29, 1.82) is 0 Å². The lowest BCUT2D eigenvalue weighted by molar-refractivity contribution is -0.126. The van der Waals surface area contributed by atoms with Crippen LogP contribution in [-0.4, -0.2) is 24.3 Å². The molecule has 0 bridgehead atoms. The highest BCUT2D eigenvalue weighted by Gasteiger charge is 2.36. The summed E-state index contributed by atoms with van der Waals surface area (Å²) < 4.78 is 0. The number of hydrogen-bond acceptors (Lipinski definition) is 3. The molecule has 1 heterocycles. The van der Waals surface area contributed by atoms with Crippen LogP contribution in [0.3, 0.4) is 0 Å². The van der Waals surface area contributed by atoms with E-state index in [1.807, 2.05) is 32.0 Å². The van der Waals surface area contributed by atoms with Gasteiger partial charge >= 0.3 is 0 Å². The van der Waals surface area contributed by atoms with Crippen molar-refractivity contribution in [3.63, 3.8) is 0 Å². The average Bonchev–Trinajstić information content (AvgIpc) is 3.04. The maximum absolute atomic E-state index is 12.4. The van der Waals surface area contributed by atoms with E-state index < -0.39 is 17.7 Å². The van der Waals surface area contributed by atoms with Gasteiger partial charge in [0.1, 0.15) is 0 Å². The molecule has 0 aromatic heterocycles. The normalized spacial score (nSPS) is 16.3. The predicted octanol–water partition coefficient (Wildman–Crippen LogP) is 2.77. The quantitative estimate of drug-likeness (QED) is 0.797. The van der Waals surface area contributed by atoms with E-state index in [-0.39, 0.29) is 24.4 Å². The van der Waals surface area contributed by atoms with Crippen molar-refractivity contribution in [1.82, 2.24) is 10.9 Å². The first kappa shape index (κ1) is 18.9. The smallest absolute Gasteiger partial charge is 0.271 e. The fourth-order valence-electron chi connectivity index (χ4n) is 3.08. The van der Waals surface area contributed by atoms with E-state index in [4.69, 9.17) is 11.6 Å². The highest BCUT2D eigenvalue weighted by molar-refractivity contribution is 6.33. The first-order chi connectivity index (χ1) is 12.9. The molecule has 0 aliphatic carbocycles. The number of halogens is 1. The third-order valence-electron chi connectivity index (χ3n) is 4.78. The van der Waals surface area contributed by atoms with E-state index in [0.717, 1.165) is 16.8 Å². The highest BCUT2D eigenvalue weighted by atomic mass is 35.5. The van der Waals surface area contributed by atoms with Crippen LogP contribution in [-0.2, 0) is 9.59 Å². The minimum absolute atomic E-state index is 0.0984. The van der Waals surface area contributed by atoms with Crippen molar-refractivity contribution < 1.29 is 14.4 Å². The summed E-state index contributed by atoms with van der Waals surface area (Å²) in [6, 6.07) is 12.3. The highest BCUT2D eigenvalue weighted by Crippen LogP contribution is 2.29. The number of carbonyl (C=O) groups excluding carboxylic acids is 3. The van der Waals surface area contributed by atoms with E-state index in [1.54, 1.807) is 29.2 Å². The molecule has 3 amide bonds. The molecule has 1 aliphatic rings. The van der Waals surface area contributed by atoms with Crippen molar-refractivity contribution in [3.05, 3.63) is 64.2 Å². The molecular formula is C20H20ClN3O3. The van der Waals surface area contributed by atoms with Gasteiger partial charge in [0.15, 0.2) is 0 Å². The number of anilines is 1. The van der Waals surface area contributed by atoms with Crippen LogP contribution < -0.4 is 15.8 Å². The molecule has 1 aliphatic heterocycles. The van der Waals surface area contributed by atoms with Crippen LogP contribution >= 0.6 is 11.6 Å². The Kier molecular flexibility index (Phi) is 5.46. The average molecular weight is 386 g/mol. The lowest BCUT2D eigenvalue weighted by Crippen LogP contribution is -2.45. The number of hydrogen-bond donors (Lipinski definition) is 2. The molecule has 6 nitrogen and oxygen atoms in total. The summed E-state index contributed by atoms with van der Waals surface area (Å²) in [6.45, 7) is 4.21. The molecule has 1 unspecified atom stereocenters. The summed E-state index contributed by atoms with van der Waals surface area (Å²) in [5.41, 5.74) is 7.92. The molecule has 1 atom stereocenters. The maximum Gasteiger partial charge on any atom is 0.271 e. The summed E-state index contributed by atoms with van der Waals surface area (Å²) in [7, 11) is 0. The van der Waals surface area contributed by atoms with Crippen LogP contribution in [0.4, 0.5) is 5.69 Å². The van der Waals surface area contributed by atoms with Crippen LogP contribution in [0.5, 0.6) is 0 Å². The second kappa shape index (κ2) is 7.80. The molecule has 140 valence electrons. The number of nitrogens with one attached hydrogen (secondary N) is 2. The number of aryl methyl sites for hydroxylation is 1. The molecule has 3 rings (SSSR count). The molecular weight excluding hydrogens is 366 g/mol. The Morgan fingerprint density at radius 3 is 2.56 bits per heavy atom. The zero-order valence-corrected chi connectivity index (χ0v) is 15.8. The van der Waals surface area contributed by atoms with Crippen molar-refractivity contribution in [3.8, 4) is 0 Å². The van der Waals surface area contributed by atoms with E-state index in [9.17, 15) is 14.4 Å². The number of nitrogens with zero attached hydrogens (tertiary/aromatic N) is 1. The fraction of sp³-hybridized carbons (Fsp3) is 0.250. The topological polar surface area (TPSA) is 78.5 Å². The van der Waals surface area contributed by atoms with Crippen LogP contribution in [0.2, 0.25) is 5.02 Å². The van der Waals surface area contributed by atoms with E-state index in [0.29, 0.717) is 5.02 Å². The zero-order chi connectivity index (χ0) is 19.6. The molecule has 1 fully saturated rings. The Hall–Kier alpha value is -2.86. The minimum atomic E-state index is -0.538. The Morgan fingerprint density at radius 2 is 1.81 bits per heavy atom. The zero-order valence-electron chi connectivity index (χ0n) is 15.1. The summed E-state index contributed by atoms with van der Waals surface area (Å²) in [5.74, 6) is -1.56. The van der Waals surface area contributed by atoms with Gasteiger partial charge in [0.05, 0.1) is 16.5 Å². The molecule has 2 aromatic carbocycles. The molecule has 27 heavy (non-hydrogen) atoms. The number of rotatable bonds is 3. The summed E-state index contributed by atoms with van der Waals surface area (Å²) >= 11 is 5.97. The van der Waals surface area contributed by atoms with E-state index >= 15 is 0 Å². The molecule has 7 heteroatoms. The minimum Gasteiger partial charge on any atom is -0.311 e. The molecule has 2 aromatic rings. The van der Waals surface area contributed by atoms with Gasteiger partial charge in [0.25, 0.3) is 5.91 Å². The van der Waals surface area contributed by atoms with Gasteiger partial charge in [-0.15, -0.1) is 0 Å². The Balaban J connectivity index is 1.63. The maximum atomic E-state index is 12.4. The Morgan fingerprint density at radius 1 is 1.07 bits per heavy atom. The number of benzene rings is 2. The Bertz CT molecular complexity index is 913. The second-order valence-electron chi connectivity index (χ2n) is 6.55. The molecule has 1 saturated heterocycles. The first-order valence-corrected chi connectivity index (χ1v) is 8.97. The van der Waals surface area contributed by atoms with Crippen LogP contribution in [0, 0.1) is 19.8 Å². The van der Waals surface area contributed by atoms with E-state index in [2.05, 4.69) is 10.9 Å². The third kappa shape index (κ3) is 3.95. The summed E-state index contributed by atoms with van der Waals surface area (Å²) in [4.78, 5) is 38.6. The standard InChI is InChI=1S/C20H20ClN3O3/c1-12-6-5-9-17(13(12)2)24-11-14(10-18(24)25)19(26)22-23-20(27)15-7-3-4-8-16(15)21/h3-9,14H,10-11H2,1-2H3,(H,22,26)(H,23,27). The van der Waals surface area contributed by atoms with Crippen molar-refractivity contribution in [2.24, 2.45) is 5.92 Å². The van der Waals surface area contributed by atoms with Crippen LogP contribution in [0.1, 0.15) is 27.9 Å². The predicted molar refractivity (Wildman–Crippen MR) is 103 cm³/mol. The SMILES string of the molecule is Cc1cccc(N2CC(C(=O)NNC(=O)c3ccccc3Cl)CC2=O)c1C. The van der Waals surface area contributed by atoms with Gasteiger partial charge in [-0.25, -0.2) is 0 Å². The van der Waals surface area contributed by atoms with Gasteiger partial charge in [-0.1, -0.05) is 35.9 Å². The third-order valence-corrected chi connectivity index (χ3v) is 5.11. The van der Waals surface area contributed by atoms with Crippen molar-refractivity contribution in [2.45, 2.75) is 20.3 Å². The lowest BCUT2D eigenvalue weighted by Gasteiger charge is -2.20. The van der Waals surface area contributed by atoms with Gasteiger partial charge in [-0.2, -0.15) is 0 Å². The van der Waals surface area contributed by atoms with Crippen LogP contribution in [0.25, 0.3) is 0 Å². The molecule has 0 spiro atoms. The van der Waals surface area contributed by atoms with Gasteiger partial charge in [0, 0.05) is 18.7 Å². The van der Waals surface area contributed by atoms with Crippen LogP contribution in [0.15, 0.2) is 42.5 Å². The van der Waals surface area contributed by atoms with Crippen molar-refractivity contribution in [2.75, 3.05) is 11.4 Å². The van der Waals surface area contributed by atoms with Gasteiger partial charge in [-0.3, -0.25) is 25.2 Å². The number of hydrazine groups is 1. The van der Waals surface area contributed by atoms with Gasteiger partial charge in [0.2, 0.25) is 11.8 Å². The molecule has 2 N–H and O–H groups in total. The van der Waals surface area contributed by atoms with Crippen molar-refractivity contribution >= 4 is 35.0 Å². The van der Waals surface area contributed by atoms with Gasteiger partial charge < -0.3 is 4.90 Å². The summed E-state index contributed by atoms with van der Waals surface area (Å²) in [6.07, 6.45) is 0.0984. The Labute approximate surface area is 162 Å². The fourth-order valence-corrected chi connectivity index (χ4v) is 3.30. The van der Waals surface area contributed by atoms with E-state index in [1.165, 1.54) is 0 Å². The largest absolute Gasteiger partial charge is 0.311 e.